The van der Waals surface area contributed by atoms with Crippen molar-refractivity contribution >= 4 is 23.7 Å². The van der Waals surface area contributed by atoms with E-state index in [1.165, 1.54) is 9.80 Å². The highest BCUT2D eigenvalue weighted by Crippen LogP contribution is 2.19. The van der Waals surface area contributed by atoms with Gasteiger partial charge in [0.25, 0.3) is 0 Å². The number of carbonyl (C=O) groups excluding carboxylic acids is 3. The summed E-state index contributed by atoms with van der Waals surface area (Å²) in [6.45, 7) is 2.15. The maximum atomic E-state index is 12.3. The largest absolute Gasteiger partial charge is 0.480 e. The van der Waals surface area contributed by atoms with E-state index in [-0.39, 0.29) is 12.5 Å². The third-order valence-electron chi connectivity index (χ3n) is 4.50. The molecule has 4 N–H and O–H groups in total. The van der Waals surface area contributed by atoms with E-state index in [0.29, 0.717) is 38.8 Å². The molecule has 134 valence electrons. The maximum Gasteiger partial charge on any atom is 0.326 e. The first-order valence-electron chi connectivity index (χ1n) is 8.19. The van der Waals surface area contributed by atoms with Crippen LogP contribution in [0.4, 0.5) is 0 Å². The minimum absolute atomic E-state index is 0.265. The van der Waals surface area contributed by atoms with Crippen LogP contribution in [-0.2, 0) is 19.2 Å². The fourth-order valence-electron chi connectivity index (χ4n) is 3.27. The number of rotatable bonds is 5. The number of carboxylic acid groups (broad SMARTS) is 1. The third-order valence-corrected chi connectivity index (χ3v) is 4.50. The summed E-state index contributed by atoms with van der Waals surface area (Å²) in [4.78, 5) is 50.3. The van der Waals surface area contributed by atoms with Gasteiger partial charge in [0.15, 0.2) is 0 Å². The molecule has 2 aliphatic rings. The summed E-state index contributed by atoms with van der Waals surface area (Å²) in [6, 6.07) is -2.12. The summed E-state index contributed by atoms with van der Waals surface area (Å²) in [5.41, 5.74) is 5.59. The lowest BCUT2D eigenvalue weighted by Crippen LogP contribution is -2.52. The zero-order valence-corrected chi connectivity index (χ0v) is 13.7. The number of aliphatic carboxylic acids is 1. The highest BCUT2D eigenvalue weighted by Gasteiger charge is 2.37. The lowest BCUT2D eigenvalue weighted by Gasteiger charge is -2.26. The summed E-state index contributed by atoms with van der Waals surface area (Å²) in [7, 11) is 0. The number of hydrogen-bond donors (Lipinski definition) is 3. The molecule has 0 aromatic rings. The number of nitrogens with two attached hydrogens (primary N) is 1. The van der Waals surface area contributed by atoms with Gasteiger partial charge >= 0.3 is 5.97 Å². The minimum Gasteiger partial charge on any atom is -0.480 e. The van der Waals surface area contributed by atoms with Crippen LogP contribution in [0.3, 0.4) is 0 Å². The molecule has 0 radical (unpaired) electrons. The van der Waals surface area contributed by atoms with Gasteiger partial charge < -0.3 is 26.0 Å². The monoisotopic (exact) mass is 340 g/mol. The number of amides is 3. The molecule has 2 heterocycles. The summed E-state index contributed by atoms with van der Waals surface area (Å²) in [6.07, 6.45) is 2.29. The lowest BCUT2D eigenvalue weighted by molar-refractivity contribution is -0.148. The Kier molecular flexibility index (Phi) is 5.76. The van der Waals surface area contributed by atoms with Crippen LogP contribution >= 0.6 is 0 Å². The van der Waals surface area contributed by atoms with Crippen molar-refractivity contribution in [2.75, 3.05) is 19.6 Å². The number of hydrogen-bond acceptors (Lipinski definition) is 5. The zero-order valence-electron chi connectivity index (χ0n) is 13.7. The van der Waals surface area contributed by atoms with Crippen LogP contribution in [0.15, 0.2) is 0 Å². The van der Waals surface area contributed by atoms with E-state index >= 15 is 0 Å². The average Bonchev–Trinajstić information content (AvgIpc) is 3.19. The first-order chi connectivity index (χ1) is 11.3. The standard InChI is InChI=1S/C15H24N4O5/c1-9(16)14(22)19-7-2-4-10(19)13(21)17-8-12(20)18-6-3-5-11(18)15(23)24/h9-11H,2-8,16H2,1H3,(H,17,21)(H,23,24)/t9-,10-,11-/m0/s1. The number of likely N-dealkylation sites (tertiary alicyclic amines) is 2. The molecule has 2 rings (SSSR count). The number of carbonyl (C=O) groups is 4. The molecule has 0 saturated carbocycles. The zero-order chi connectivity index (χ0) is 17.9. The van der Waals surface area contributed by atoms with Crippen molar-refractivity contribution < 1.29 is 24.3 Å². The van der Waals surface area contributed by atoms with Gasteiger partial charge in [-0.3, -0.25) is 14.4 Å². The van der Waals surface area contributed by atoms with Crippen molar-refractivity contribution in [3.63, 3.8) is 0 Å². The van der Waals surface area contributed by atoms with Crippen LogP contribution in [0.1, 0.15) is 32.6 Å². The Morgan fingerprint density at radius 3 is 2.29 bits per heavy atom. The molecule has 0 unspecified atom stereocenters. The molecule has 0 aromatic heterocycles. The van der Waals surface area contributed by atoms with Crippen LogP contribution in [0.5, 0.6) is 0 Å². The van der Waals surface area contributed by atoms with E-state index < -0.39 is 35.9 Å². The molecule has 0 aromatic carbocycles. The molecule has 3 amide bonds. The smallest absolute Gasteiger partial charge is 0.326 e. The van der Waals surface area contributed by atoms with E-state index in [1.807, 2.05) is 0 Å². The van der Waals surface area contributed by atoms with Crippen molar-refractivity contribution in [3.05, 3.63) is 0 Å². The van der Waals surface area contributed by atoms with Gasteiger partial charge in [-0.05, 0) is 32.6 Å². The molecule has 9 heteroatoms. The molecule has 0 aliphatic carbocycles. The van der Waals surface area contributed by atoms with E-state index in [0.717, 1.165) is 0 Å². The average molecular weight is 340 g/mol. The second-order valence-electron chi connectivity index (χ2n) is 6.28. The van der Waals surface area contributed by atoms with E-state index in [4.69, 9.17) is 10.8 Å². The SMILES string of the molecule is C[C@H](N)C(=O)N1CCC[C@H]1C(=O)NCC(=O)N1CCC[C@H]1C(=O)O. The molecule has 24 heavy (non-hydrogen) atoms. The molecule has 2 aliphatic heterocycles. The second kappa shape index (κ2) is 7.61. The molecule has 3 atom stereocenters. The lowest BCUT2D eigenvalue weighted by atomic mass is 10.2. The fraction of sp³-hybridized carbons (Fsp3) is 0.733. The summed E-state index contributed by atoms with van der Waals surface area (Å²) in [5.74, 6) is -2.14. The Balaban J connectivity index is 1.89. The van der Waals surface area contributed by atoms with Crippen molar-refractivity contribution in [1.82, 2.24) is 15.1 Å². The van der Waals surface area contributed by atoms with Crippen LogP contribution < -0.4 is 11.1 Å². The van der Waals surface area contributed by atoms with E-state index in [1.54, 1.807) is 6.92 Å². The molecule has 0 bridgehead atoms. The van der Waals surface area contributed by atoms with Crippen LogP contribution in [0.25, 0.3) is 0 Å². The van der Waals surface area contributed by atoms with E-state index in [2.05, 4.69) is 5.32 Å². The quantitative estimate of drug-likeness (QED) is 0.559. The molecular weight excluding hydrogens is 316 g/mol. The van der Waals surface area contributed by atoms with Gasteiger partial charge in [-0.1, -0.05) is 0 Å². The van der Waals surface area contributed by atoms with Gasteiger partial charge in [0.05, 0.1) is 12.6 Å². The Labute approximate surface area is 140 Å². The van der Waals surface area contributed by atoms with Crippen LogP contribution in [0.2, 0.25) is 0 Å². The Morgan fingerprint density at radius 1 is 1.12 bits per heavy atom. The number of carboxylic acids is 1. The van der Waals surface area contributed by atoms with Gasteiger partial charge in [0, 0.05) is 13.1 Å². The topological polar surface area (TPSA) is 133 Å². The van der Waals surface area contributed by atoms with Crippen molar-refractivity contribution in [2.45, 2.75) is 50.7 Å². The first-order valence-corrected chi connectivity index (χ1v) is 8.19. The van der Waals surface area contributed by atoms with Crippen molar-refractivity contribution in [3.8, 4) is 0 Å². The van der Waals surface area contributed by atoms with Gasteiger partial charge in [0.1, 0.15) is 12.1 Å². The Hall–Kier alpha value is -2.16. The maximum absolute atomic E-state index is 12.3. The molecule has 2 saturated heterocycles. The van der Waals surface area contributed by atoms with Crippen molar-refractivity contribution in [1.29, 1.82) is 0 Å². The van der Waals surface area contributed by atoms with Gasteiger partial charge in [0.2, 0.25) is 17.7 Å². The van der Waals surface area contributed by atoms with Crippen LogP contribution in [-0.4, -0.2) is 76.4 Å². The molecule has 9 nitrogen and oxygen atoms in total. The van der Waals surface area contributed by atoms with Gasteiger partial charge in [-0.25, -0.2) is 4.79 Å². The van der Waals surface area contributed by atoms with Crippen molar-refractivity contribution in [2.24, 2.45) is 5.73 Å². The molecular formula is C15H24N4O5. The minimum atomic E-state index is -1.03. The van der Waals surface area contributed by atoms with Crippen LogP contribution in [0, 0.1) is 0 Å². The number of nitrogens with zero attached hydrogens (tertiary/aromatic N) is 2. The van der Waals surface area contributed by atoms with Gasteiger partial charge in [-0.15, -0.1) is 0 Å². The summed E-state index contributed by atoms with van der Waals surface area (Å²) < 4.78 is 0. The fourth-order valence-corrected chi connectivity index (χ4v) is 3.27. The van der Waals surface area contributed by atoms with Gasteiger partial charge in [-0.2, -0.15) is 0 Å². The van der Waals surface area contributed by atoms with E-state index in [9.17, 15) is 19.2 Å². The summed E-state index contributed by atoms with van der Waals surface area (Å²) in [5, 5.41) is 11.6. The molecule has 2 fully saturated rings. The highest BCUT2D eigenvalue weighted by molar-refractivity contribution is 5.93. The first kappa shape index (κ1) is 18.2. The third kappa shape index (κ3) is 3.84. The number of nitrogens with one attached hydrogen (secondary N) is 1. The predicted molar refractivity (Wildman–Crippen MR) is 83.8 cm³/mol. The normalized spacial score (nSPS) is 24.8. The predicted octanol–water partition coefficient (Wildman–Crippen LogP) is -1.48. The Bertz CT molecular complexity index is 536. The molecule has 0 spiro atoms. The highest BCUT2D eigenvalue weighted by atomic mass is 16.4. The Morgan fingerprint density at radius 2 is 1.71 bits per heavy atom. The second-order valence-corrected chi connectivity index (χ2v) is 6.28. The summed E-state index contributed by atoms with van der Waals surface area (Å²) >= 11 is 0.